The number of aromatic nitrogens is 2. The lowest BCUT2D eigenvalue weighted by molar-refractivity contribution is 0.147. The van der Waals surface area contributed by atoms with Crippen molar-refractivity contribution in [2.24, 2.45) is 5.14 Å². The van der Waals surface area contributed by atoms with Crippen molar-refractivity contribution < 1.29 is 18.6 Å². The molecule has 2 atom stereocenters. The third-order valence-corrected chi connectivity index (χ3v) is 6.84. The minimum Gasteiger partial charge on any atom is -0.508 e. The summed E-state index contributed by atoms with van der Waals surface area (Å²) in [4.78, 5) is 4.73. The molecule has 1 aliphatic carbocycles. The molecular formula is C24H22N4O4S. The zero-order chi connectivity index (χ0) is 23.3. The van der Waals surface area contributed by atoms with Crippen LogP contribution in [-0.4, -0.2) is 34.3 Å². The number of aliphatic hydroxyl groups excluding tert-OH is 2. The van der Waals surface area contributed by atoms with Crippen molar-refractivity contribution in [2.45, 2.75) is 23.5 Å². The number of nitrogens with zero attached hydrogens (tertiary/aromatic N) is 2. The second-order valence-corrected chi connectivity index (χ2v) is 9.63. The summed E-state index contributed by atoms with van der Waals surface area (Å²) in [5.41, 5.74) is 4.61. The first kappa shape index (κ1) is 21.2. The van der Waals surface area contributed by atoms with E-state index in [0.29, 0.717) is 29.1 Å². The van der Waals surface area contributed by atoms with E-state index in [-0.39, 0.29) is 16.7 Å². The van der Waals surface area contributed by atoms with E-state index >= 15 is 0 Å². The molecule has 168 valence electrons. The van der Waals surface area contributed by atoms with Crippen molar-refractivity contribution in [3.05, 3.63) is 90.0 Å². The number of anilines is 2. The molecule has 33 heavy (non-hydrogen) atoms. The van der Waals surface area contributed by atoms with E-state index in [2.05, 4.69) is 11.9 Å². The lowest BCUT2D eigenvalue weighted by Gasteiger charge is -2.22. The summed E-state index contributed by atoms with van der Waals surface area (Å²) in [5.74, 6) is 0.403. The smallest absolute Gasteiger partial charge is 0.238 e. The fraction of sp³-hybridized carbons (Fsp3) is 0.125. The fourth-order valence-corrected chi connectivity index (χ4v) is 4.88. The number of rotatable bonds is 5. The number of nitrogens with one attached hydrogen (secondary N) is 1. The van der Waals surface area contributed by atoms with Crippen molar-refractivity contribution in [1.29, 1.82) is 0 Å². The number of primary sulfonamides is 1. The lowest BCUT2D eigenvalue weighted by atomic mass is 10.1. The van der Waals surface area contributed by atoms with Gasteiger partial charge in [0.1, 0.15) is 5.76 Å². The Morgan fingerprint density at radius 1 is 1.12 bits per heavy atom. The molecule has 8 nitrogen and oxygen atoms in total. The number of sulfonamides is 1. The molecular weight excluding hydrogens is 440 g/mol. The Kier molecular flexibility index (Phi) is 4.97. The van der Waals surface area contributed by atoms with Gasteiger partial charge in [-0.1, -0.05) is 30.8 Å². The van der Waals surface area contributed by atoms with Gasteiger partial charge < -0.3 is 15.5 Å². The Balaban J connectivity index is 1.65. The van der Waals surface area contributed by atoms with Crippen LogP contribution in [-0.2, 0) is 16.4 Å². The van der Waals surface area contributed by atoms with Crippen molar-refractivity contribution in [1.82, 2.24) is 9.55 Å². The van der Waals surface area contributed by atoms with Gasteiger partial charge in [-0.05, 0) is 53.6 Å². The molecule has 5 rings (SSSR count). The summed E-state index contributed by atoms with van der Waals surface area (Å²) in [6.07, 6.45) is -0.133. The fourth-order valence-electron chi connectivity index (χ4n) is 4.37. The molecule has 1 aliphatic rings. The number of hydrogen-bond acceptors (Lipinski definition) is 6. The van der Waals surface area contributed by atoms with E-state index < -0.39 is 16.1 Å². The van der Waals surface area contributed by atoms with Gasteiger partial charge in [0.05, 0.1) is 28.1 Å². The van der Waals surface area contributed by atoms with Gasteiger partial charge in [0.15, 0.2) is 0 Å². The summed E-state index contributed by atoms with van der Waals surface area (Å²) in [6, 6.07) is 18.9. The Morgan fingerprint density at radius 3 is 2.55 bits per heavy atom. The normalized spacial score (nSPS) is 17.8. The van der Waals surface area contributed by atoms with Crippen LogP contribution in [0.25, 0.3) is 16.8 Å². The van der Waals surface area contributed by atoms with Gasteiger partial charge in [0, 0.05) is 17.7 Å². The van der Waals surface area contributed by atoms with Crippen LogP contribution < -0.4 is 10.5 Å². The van der Waals surface area contributed by atoms with E-state index in [1.807, 2.05) is 34.9 Å². The van der Waals surface area contributed by atoms with Crippen molar-refractivity contribution >= 4 is 38.5 Å². The minimum absolute atomic E-state index is 0.00722. The van der Waals surface area contributed by atoms with Gasteiger partial charge in [0.25, 0.3) is 0 Å². The highest BCUT2D eigenvalue weighted by Crippen LogP contribution is 2.39. The summed E-state index contributed by atoms with van der Waals surface area (Å²) in [7, 11) is -3.80. The van der Waals surface area contributed by atoms with Crippen molar-refractivity contribution in [3.63, 3.8) is 0 Å². The summed E-state index contributed by atoms with van der Waals surface area (Å²) in [6.45, 7) is 3.58. The van der Waals surface area contributed by atoms with E-state index in [1.54, 1.807) is 24.3 Å². The standard InChI is InChI=1S/C24H22N4O4S/c1-14(29)15-6-11-21-20(12-15)27-24(26-17-7-9-18(10-8-17)33(25,31)32)28(21)23-19-5-3-2-4-16(19)13-22(23)30/h2-12,22-23,29-30H,1,13H2,(H,26,27)(H2,25,31,32)/t22-,23+/m1/s1. The molecule has 0 spiro atoms. The Morgan fingerprint density at radius 2 is 1.85 bits per heavy atom. The van der Waals surface area contributed by atoms with E-state index in [4.69, 9.17) is 10.1 Å². The second-order valence-electron chi connectivity index (χ2n) is 8.07. The number of benzene rings is 3. The molecule has 1 aromatic heterocycles. The predicted molar refractivity (Wildman–Crippen MR) is 127 cm³/mol. The van der Waals surface area contributed by atoms with Gasteiger partial charge in [-0.2, -0.15) is 0 Å². The summed E-state index contributed by atoms with van der Waals surface area (Å²) >= 11 is 0. The van der Waals surface area contributed by atoms with Crippen LogP contribution >= 0.6 is 0 Å². The predicted octanol–water partition coefficient (Wildman–Crippen LogP) is 3.46. The number of aliphatic hydroxyl groups is 2. The molecule has 0 unspecified atom stereocenters. The first-order valence-electron chi connectivity index (χ1n) is 10.3. The van der Waals surface area contributed by atoms with Gasteiger partial charge in [-0.15, -0.1) is 0 Å². The Bertz CT molecular complexity index is 1490. The maximum absolute atomic E-state index is 11.6. The van der Waals surface area contributed by atoms with Crippen LogP contribution in [0, 0.1) is 0 Å². The van der Waals surface area contributed by atoms with Crippen LogP contribution in [0.1, 0.15) is 22.7 Å². The number of hydrogen-bond donors (Lipinski definition) is 4. The largest absolute Gasteiger partial charge is 0.508 e. The highest BCUT2D eigenvalue weighted by molar-refractivity contribution is 7.89. The SMILES string of the molecule is C=C(O)c1ccc2c(c1)nc(Nc1ccc(S(N)(=O)=O)cc1)n2[C@H]1c2ccccc2C[C@H]1O. The summed E-state index contributed by atoms with van der Waals surface area (Å²) in [5, 5.41) is 29.2. The third-order valence-electron chi connectivity index (χ3n) is 5.91. The van der Waals surface area contributed by atoms with Gasteiger partial charge in [0.2, 0.25) is 16.0 Å². The molecule has 3 aromatic carbocycles. The molecule has 4 aromatic rings. The summed E-state index contributed by atoms with van der Waals surface area (Å²) < 4.78 is 25.1. The van der Waals surface area contributed by atoms with Crippen molar-refractivity contribution in [2.75, 3.05) is 5.32 Å². The highest BCUT2D eigenvalue weighted by atomic mass is 32.2. The van der Waals surface area contributed by atoms with Crippen LogP contribution in [0.3, 0.4) is 0 Å². The van der Waals surface area contributed by atoms with Gasteiger partial charge >= 0.3 is 0 Å². The molecule has 0 saturated carbocycles. The average molecular weight is 463 g/mol. The van der Waals surface area contributed by atoms with E-state index in [9.17, 15) is 18.6 Å². The molecule has 0 saturated heterocycles. The number of fused-ring (bicyclic) bond motifs is 2. The third kappa shape index (κ3) is 3.76. The Hall–Kier alpha value is -3.66. The second kappa shape index (κ2) is 7.73. The molecule has 5 N–H and O–H groups in total. The van der Waals surface area contributed by atoms with E-state index in [0.717, 1.165) is 16.6 Å². The molecule has 9 heteroatoms. The van der Waals surface area contributed by atoms with Crippen LogP contribution in [0.2, 0.25) is 0 Å². The molecule has 0 fully saturated rings. The molecule has 0 radical (unpaired) electrons. The molecule has 1 heterocycles. The van der Waals surface area contributed by atoms with Crippen LogP contribution in [0.4, 0.5) is 11.6 Å². The topological polar surface area (TPSA) is 130 Å². The van der Waals surface area contributed by atoms with Gasteiger partial charge in [-0.3, -0.25) is 4.57 Å². The first-order valence-corrected chi connectivity index (χ1v) is 11.8. The zero-order valence-electron chi connectivity index (χ0n) is 17.5. The quantitative estimate of drug-likeness (QED) is 0.336. The number of nitrogens with two attached hydrogens (primary N) is 1. The zero-order valence-corrected chi connectivity index (χ0v) is 18.3. The lowest BCUT2D eigenvalue weighted by Crippen LogP contribution is -2.22. The highest BCUT2D eigenvalue weighted by Gasteiger charge is 2.35. The molecule has 0 amide bonds. The minimum atomic E-state index is -3.80. The maximum Gasteiger partial charge on any atom is 0.238 e. The molecule has 0 aliphatic heterocycles. The molecule has 0 bridgehead atoms. The van der Waals surface area contributed by atoms with Crippen LogP contribution in [0.15, 0.2) is 78.2 Å². The van der Waals surface area contributed by atoms with E-state index in [1.165, 1.54) is 12.1 Å². The average Bonchev–Trinajstić information content (AvgIpc) is 3.28. The number of imidazole rings is 1. The Labute approximate surface area is 190 Å². The maximum atomic E-state index is 11.6. The van der Waals surface area contributed by atoms with Crippen LogP contribution in [0.5, 0.6) is 0 Å². The van der Waals surface area contributed by atoms with Crippen molar-refractivity contribution in [3.8, 4) is 0 Å². The van der Waals surface area contributed by atoms with Gasteiger partial charge in [-0.25, -0.2) is 18.5 Å². The first-order chi connectivity index (χ1) is 15.7. The monoisotopic (exact) mass is 462 g/mol.